The van der Waals surface area contributed by atoms with Crippen molar-refractivity contribution < 1.29 is 4.79 Å². The van der Waals surface area contributed by atoms with Crippen LogP contribution in [0.25, 0.3) is 5.82 Å². The van der Waals surface area contributed by atoms with Crippen molar-refractivity contribution in [2.75, 3.05) is 11.9 Å². The molecule has 2 N–H and O–H groups in total. The van der Waals surface area contributed by atoms with Crippen LogP contribution in [-0.4, -0.2) is 37.1 Å². The van der Waals surface area contributed by atoms with Crippen LogP contribution >= 0.6 is 11.3 Å². The smallest absolute Gasteiger partial charge is 0.319 e. The number of amides is 2. The first kappa shape index (κ1) is 14.9. The van der Waals surface area contributed by atoms with Crippen molar-refractivity contribution >= 4 is 22.4 Å². The number of nitrogens with one attached hydrogen (secondary N) is 2. The van der Waals surface area contributed by atoms with Crippen molar-refractivity contribution in [2.45, 2.75) is 6.54 Å². The van der Waals surface area contributed by atoms with E-state index >= 15 is 0 Å². The molecule has 23 heavy (non-hydrogen) atoms. The largest absolute Gasteiger partial charge is 0.336 e. The van der Waals surface area contributed by atoms with Crippen molar-refractivity contribution in [3.8, 4) is 5.82 Å². The normalized spacial score (nSPS) is 10.4. The molecule has 0 fully saturated rings. The lowest BCUT2D eigenvalue weighted by atomic mass is 10.5. The summed E-state index contributed by atoms with van der Waals surface area (Å²) in [5, 5.41) is 16.1. The maximum Gasteiger partial charge on any atom is 0.319 e. The van der Waals surface area contributed by atoms with Gasteiger partial charge in [0, 0.05) is 12.6 Å². The molecule has 0 aliphatic rings. The molecule has 3 aromatic rings. The van der Waals surface area contributed by atoms with Gasteiger partial charge in [0.05, 0.1) is 11.5 Å². The molecule has 0 atom stereocenters. The molecule has 0 aliphatic carbocycles. The molecule has 3 rings (SSSR count). The summed E-state index contributed by atoms with van der Waals surface area (Å²) in [6, 6.07) is 6.28. The predicted molar refractivity (Wildman–Crippen MR) is 84.8 cm³/mol. The second-order valence-corrected chi connectivity index (χ2v) is 5.40. The average Bonchev–Trinajstić information content (AvgIpc) is 3.22. The third-order valence-corrected chi connectivity index (χ3v) is 3.66. The number of urea groups is 1. The van der Waals surface area contributed by atoms with Crippen LogP contribution < -0.4 is 16.2 Å². The zero-order valence-electron chi connectivity index (χ0n) is 11.9. The van der Waals surface area contributed by atoms with Gasteiger partial charge < -0.3 is 5.32 Å². The first-order valence-corrected chi connectivity index (χ1v) is 7.62. The van der Waals surface area contributed by atoms with E-state index in [-0.39, 0.29) is 24.7 Å². The van der Waals surface area contributed by atoms with E-state index in [0.29, 0.717) is 5.82 Å². The maximum absolute atomic E-state index is 11.8. The van der Waals surface area contributed by atoms with Crippen molar-refractivity contribution in [1.82, 2.24) is 29.9 Å². The summed E-state index contributed by atoms with van der Waals surface area (Å²) in [5.41, 5.74) is -0.255. The van der Waals surface area contributed by atoms with E-state index in [2.05, 4.69) is 25.8 Å². The predicted octanol–water partition coefficient (Wildman–Crippen LogP) is 0.707. The van der Waals surface area contributed by atoms with Gasteiger partial charge in [-0.3, -0.25) is 10.1 Å². The van der Waals surface area contributed by atoms with Gasteiger partial charge in [-0.15, -0.1) is 16.4 Å². The molecule has 0 aromatic carbocycles. The molecule has 2 amide bonds. The standard InChI is InChI=1S/C13H13N7O2S/c21-12-4-3-10(20-9-14-8-16-20)18-19(12)6-5-15-13(22)17-11-2-1-7-23-11/h1-4,7-9H,5-6H2,(H2,15,17,22). The number of hydrogen-bond donors (Lipinski definition) is 2. The molecule has 9 nitrogen and oxygen atoms in total. The highest BCUT2D eigenvalue weighted by Gasteiger charge is 2.05. The second kappa shape index (κ2) is 6.83. The van der Waals surface area contributed by atoms with Gasteiger partial charge in [-0.2, -0.15) is 5.10 Å². The first-order chi connectivity index (χ1) is 11.2. The fraction of sp³-hybridized carbons (Fsp3) is 0.154. The zero-order chi connectivity index (χ0) is 16.1. The molecule has 0 saturated heterocycles. The molecule has 0 radical (unpaired) electrons. The summed E-state index contributed by atoms with van der Waals surface area (Å²) in [6.45, 7) is 0.518. The number of carbonyl (C=O) groups is 1. The van der Waals surface area contributed by atoms with E-state index in [9.17, 15) is 9.59 Å². The summed E-state index contributed by atoms with van der Waals surface area (Å²) >= 11 is 1.43. The minimum Gasteiger partial charge on any atom is -0.336 e. The van der Waals surface area contributed by atoms with E-state index in [4.69, 9.17) is 0 Å². The molecule has 0 saturated carbocycles. The monoisotopic (exact) mass is 331 g/mol. The highest BCUT2D eigenvalue weighted by atomic mass is 32.1. The second-order valence-electron chi connectivity index (χ2n) is 4.45. The van der Waals surface area contributed by atoms with Crippen LogP contribution in [-0.2, 0) is 6.54 Å². The molecule has 0 unspecified atom stereocenters. The first-order valence-electron chi connectivity index (χ1n) is 6.74. The van der Waals surface area contributed by atoms with E-state index in [1.807, 2.05) is 11.4 Å². The van der Waals surface area contributed by atoms with E-state index in [0.717, 1.165) is 5.00 Å². The van der Waals surface area contributed by atoms with E-state index < -0.39 is 0 Å². The fourth-order valence-electron chi connectivity index (χ4n) is 1.83. The molecule has 0 aliphatic heterocycles. The lowest BCUT2D eigenvalue weighted by molar-refractivity contribution is 0.251. The molecular weight excluding hydrogens is 318 g/mol. The van der Waals surface area contributed by atoms with Gasteiger partial charge in [0.2, 0.25) is 0 Å². The molecule has 0 spiro atoms. The van der Waals surface area contributed by atoms with Crippen LogP contribution in [0.4, 0.5) is 9.80 Å². The summed E-state index contributed by atoms with van der Waals surface area (Å²) in [7, 11) is 0. The third-order valence-electron chi connectivity index (χ3n) is 2.87. The van der Waals surface area contributed by atoms with Crippen LogP contribution in [0.5, 0.6) is 0 Å². The SMILES string of the molecule is O=C(NCCn1nc(-n2cncn2)ccc1=O)Nc1cccs1. The van der Waals surface area contributed by atoms with E-state index in [1.165, 1.54) is 39.4 Å². The van der Waals surface area contributed by atoms with Gasteiger partial charge in [0.25, 0.3) is 5.56 Å². The van der Waals surface area contributed by atoms with E-state index in [1.54, 1.807) is 12.1 Å². The van der Waals surface area contributed by atoms with Crippen molar-refractivity contribution in [2.24, 2.45) is 0 Å². The Balaban J connectivity index is 1.58. The maximum atomic E-state index is 11.8. The summed E-state index contributed by atoms with van der Waals surface area (Å²) in [5.74, 6) is 0.477. The number of aromatic nitrogens is 5. The molecule has 3 heterocycles. The molecule has 3 aromatic heterocycles. The Labute approximate surface area is 134 Å². The number of nitrogens with zero attached hydrogens (tertiary/aromatic N) is 5. The summed E-state index contributed by atoms with van der Waals surface area (Å²) < 4.78 is 2.72. The van der Waals surface area contributed by atoms with Gasteiger partial charge in [0.15, 0.2) is 5.82 Å². The van der Waals surface area contributed by atoms with Gasteiger partial charge in [-0.05, 0) is 23.6 Å². The number of hydrogen-bond acceptors (Lipinski definition) is 6. The summed E-state index contributed by atoms with van der Waals surface area (Å²) in [6.07, 6.45) is 2.87. The quantitative estimate of drug-likeness (QED) is 0.716. The Kier molecular flexibility index (Phi) is 4.43. The van der Waals surface area contributed by atoms with Crippen molar-refractivity contribution in [1.29, 1.82) is 0 Å². The molecule has 10 heteroatoms. The van der Waals surface area contributed by atoms with Crippen LogP contribution in [0.3, 0.4) is 0 Å². The van der Waals surface area contributed by atoms with Crippen molar-refractivity contribution in [3.63, 3.8) is 0 Å². The lowest BCUT2D eigenvalue weighted by Gasteiger charge is -2.08. The van der Waals surface area contributed by atoms with Crippen LogP contribution in [0.2, 0.25) is 0 Å². The van der Waals surface area contributed by atoms with Crippen LogP contribution in [0.15, 0.2) is 47.1 Å². The molecular formula is C13H13N7O2S. The van der Waals surface area contributed by atoms with Gasteiger partial charge >= 0.3 is 6.03 Å². The highest BCUT2D eigenvalue weighted by molar-refractivity contribution is 7.14. The summed E-state index contributed by atoms with van der Waals surface area (Å²) in [4.78, 5) is 27.3. The topological polar surface area (TPSA) is 107 Å². The fourth-order valence-corrected chi connectivity index (χ4v) is 2.44. The minimum absolute atomic E-state index is 0.249. The Morgan fingerprint density at radius 2 is 2.22 bits per heavy atom. The zero-order valence-corrected chi connectivity index (χ0v) is 12.7. The molecule has 118 valence electrons. The lowest BCUT2D eigenvalue weighted by Crippen LogP contribution is -2.34. The van der Waals surface area contributed by atoms with Crippen LogP contribution in [0.1, 0.15) is 0 Å². The van der Waals surface area contributed by atoms with Crippen LogP contribution in [0, 0.1) is 0 Å². The number of rotatable bonds is 5. The average molecular weight is 331 g/mol. The Morgan fingerprint density at radius 1 is 1.30 bits per heavy atom. The number of carbonyl (C=O) groups excluding carboxylic acids is 1. The van der Waals surface area contributed by atoms with Crippen molar-refractivity contribution in [3.05, 3.63) is 52.7 Å². The number of thiophene rings is 1. The van der Waals surface area contributed by atoms with Gasteiger partial charge in [-0.25, -0.2) is 19.1 Å². The Hall–Kier alpha value is -3.01. The highest BCUT2D eigenvalue weighted by Crippen LogP contribution is 2.14. The minimum atomic E-state index is -0.326. The van der Waals surface area contributed by atoms with Gasteiger partial charge in [0.1, 0.15) is 12.7 Å². The Bertz CT molecular complexity index is 826. The Morgan fingerprint density at radius 3 is 2.96 bits per heavy atom. The van der Waals surface area contributed by atoms with Gasteiger partial charge in [-0.1, -0.05) is 0 Å². The number of anilines is 1. The molecule has 0 bridgehead atoms. The third kappa shape index (κ3) is 3.80.